The van der Waals surface area contributed by atoms with Crippen molar-refractivity contribution in [2.75, 3.05) is 11.9 Å². The number of rotatable bonds is 9. The van der Waals surface area contributed by atoms with Crippen LogP contribution in [0.4, 0.5) is 5.69 Å². The van der Waals surface area contributed by atoms with Gasteiger partial charge in [0, 0.05) is 0 Å². The Morgan fingerprint density at radius 2 is 1.45 bits per heavy atom. The number of carbonyl (C=O) groups is 2. The third-order valence-electron chi connectivity index (χ3n) is 4.57. The molecule has 0 bridgehead atoms. The second-order valence-corrected chi connectivity index (χ2v) is 8.92. The number of Topliss-reactive ketones (excluding diaryl/α,β-unsaturated/α-hetero) is 1. The van der Waals surface area contributed by atoms with Gasteiger partial charge in [-0.2, -0.15) is 0 Å². The lowest BCUT2D eigenvalue weighted by Gasteiger charge is -2.18. The summed E-state index contributed by atoms with van der Waals surface area (Å²) in [6.07, 6.45) is 0. The zero-order valence-corrected chi connectivity index (χ0v) is 17.8. The van der Waals surface area contributed by atoms with Crippen molar-refractivity contribution in [1.82, 2.24) is 0 Å². The van der Waals surface area contributed by atoms with Gasteiger partial charge in [0.15, 0.2) is 15.1 Å². The molecule has 7 heteroatoms. The van der Waals surface area contributed by atoms with Crippen LogP contribution in [-0.2, 0) is 25.2 Å². The number of sulfone groups is 1. The number of hydrogen-bond acceptors (Lipinski definition) is 5. The first-order chi connectivity index (χ1) is 14.9. The van der Waals surface area contributed by atoms with Gasteiger partial charge in [-0.1, -0.05) is 72.8 Å². The maximum absolute atomic E-state index is 13.2. The second kappa shape index (κ2) is 10.0. The molecule has 0 radical (unpaired) electrons. The van der Waals surface area contributed by atoms with Gasteiger partial charge in [-0.05, 0) is 30.2 Å². The van der Waals surface area contributed by atoms with Gasteiger partial charge >= 0.3 is 0 Å². The summed E-state index contributed by atoms with van der Waals surface area (Å²) < 4.78 is 32.0. The van der Waals surface area contributed by atoms with Gasteiger partial charge in [0.05, 0.1) is 18.0 Å². The van der Waals surface area contributed by atoms with Gasteiger partial charge in [0.25, 0.3) is 5.91 Å². The van der Waals surface area contributed by atoms with Crippen molar-refractivity contribution in [3.05, 3.63) is 96.1 Å². The molecule has 0 saturated heterocycles. The fourth-order valence-electron chi connectivity index (χ4n) is 3.19. The lowest BCUT2D eigenvalue weighted by atomic mass is 10.1. The van der Waals surface area contributed by atoms with Crippen LogP contribution in [0.5, 0.6) is 5.75 Å². The monoisotopic (exact) mass is 437 g/mol. The van der Waals surface area contributed by atoms with Gasteiger partial charge in [-0.3, -0.25) is 9.59 Å². The first-order valence-electron chi connectivity index (χ1n) is 9.80. The molecule has 0 aliphatic carbocycles. The summed E-state index contributed by atoms with van der Waals surface area (Å²) >= 11 is 0. The first-order valence-corrected chi connectivity index (χ1v) is 11.5. The van der Waals surface area contributed by atoms with E-state index in [0.717, 1.165) is 0 Å². The average Bonchev–Trinajstić information content (AvgIpc) is 2.76. The minimum atomic E-state index is -4.03. The van der Waals surface area contributed by atoms with Gasteiger partial charge in [-0.15, -0.1) is 0 Å². The predicted octanol–water partition coefficient (Wildman–Crippen LogP) is 3.95. The van der Waals surface area contributed by atoms with Crippen molar-refractivity contribution >= 4 is 27.2 Å². The molecule has 3 aromatic carbocycles. The average molecular weight is 438 g/mol. The molecule has 3 aromatic rings. The lowest BCUT2D eigenvalue weighted by molar-refractivity contribution is -0.134. The lowest BCUT2D eigenvalue weighted by Crippen LogP contribution is -2.33. The highest BCUT2D eigenvalue weighted by molar-refractivity contribution is 7.91. The van der Waals surface area contributed by atoms with E-state index in [-0.39, 0.29) is 11.3 Å². The summed E-state index contributed by atoms with van der Waals surface area (Å²) in [5.74, 6) is -2.03. The predicted molar refractivity (Wildman–Crippen MR) is 119 cm³/mol. The molecule has 1 atom stereocenters. The molecule has 0 aromatic heterocycles. The Kier molecular flexibility index (Phi) is 7.20. The number of amides is 1. The van der Waals surface area contributed by atoms with Crippen molar-refractivity contribution < 1.29 is 22.7 Å². The van der Waals surface area contributed by atoms with Crippen LogP contribution in [0.2, 0.25) is 0 Å². The zero-order valence-electron chi connectivity index (χ0n) is 17.0. The summed E-state index contributed by atoms with van der Waals surface area (Å²) in [6, 6.07) is 23.3. The van der Waals surface area contributed by atoms with Crippen LogP contribution in [0.1, 0.15) is 23.3 Å². The number of benzene rings is 3. The Bertz CT molecular complexity index is 1140. The summed E-state index contributed by atoms with van der Waals surface area (Å²) in [7, 11) is -4.03. The number of para-hydroxylation sites is 2. The number of hydrogen-bond donors (Lipinski definition) is 1. The summed E-state index contributed by atoms with van der Waals surface area (Å²) in [6.45, 7) is 2.17. The Morgan fingerprint density at radius 3 is 2.10 bits per heavy atom. The number of ketones is 1. The molecule has 0 spiro atoms. The fraction of sp³-hybridized carbons (Fsp3) is 0.167. The number of carbonyl (C=O) groups excluding carboxylic acids is 2. The molecular formula is C24H23NO5S. The van der Waals surface area contributed by atoms with E-state index in [1.54, 1.807) is 79.7 Å². The Balaban J connectivity index is 1.93. The van der Waals surface area contributed by atoms with Crippen LogP contribution < -0.4 is 10.1 Å². The van der Waals surface area contributed by atoms with Crippen LogP contribution in [0.25, 0.3) is 0 Å². The molecule has 0 fully saturated rings. The molecule has 6 nitrogen and oxygen atoms in total. The second-order valence-electron chi connectivity index (χ2n) is 6.83. The maximum Gasteiger partial charge on any atom is 0.293 e. The molecule has 0 saturated carbocycles. The normalized spacial score (nSPS) is 12.0. The van der Waals surface area contributed by atoms with E-state index in [2.05, 4.69) is 5.32 Å². The van der Waals surface area contributed by atoms with Crippen LogP contribution in [0.15, 0.2) is 84.9 Å². The first kappa shape index (κ1) is 22.2. The molecule has 0 aliphatic rings. The van der Waals surface area contributed by atoms with E-state index in [9.17, 15) is 18.0 Å². The molecule has 0 heterocycles. The molecule has 0 unspecified atom stereocenters. The van der Waals surface area contributed by atoms with E-state index in [0.29, 0.717) is 23.6 Å². The number of nitrogens with one attached hydrogen (secondary N) is 1. The van der Waals surface area contributed by atoms with Crippen molar-refractivity contribution in [3.8, 4) is 5.75 Å². The van der Waals surface area contributed by atoms with Crippen molar-refractivity contribution in [3.63, 3.8) is 0 Å². The third-order valence-corrected chi connectivity index (χ3v) is 6.51. The standard InChI is InChI=1S/C24H23NO5S/c1-2-30-21-16-10-9-15-20(21)25-24(27)22(26)23(19-13-7-4-8-14-19)31(28,29)17-18-11-5-3-6-12-18/h3-16,23H,2,17H2,1H3,(H,25,27)/t23-/m0/s1. The van der Waals surface area contributed by atoms with Crippen LogP contribution in [0.3, 0.4) is 0 Å². The van der Waals surface area contributed by atoms with Gasteiger partial charge in [-0.25, -0.2) is 8.42 Å². The van der Waals surface area contributed by atoms with E-state index in [1.165, 1.54) is 12.1 Å². The van der Waals surface area contributed by atoms with E-state index in [4.69, 9.17) is 4.74 Å². The highest BCUT2D eigenvalue weighted by atomic mass is 32.2. The molecule has 31 heavy (non-hydrogen) atoms. The third kappa shape index (κ3) is 5.58. The van der Waals surface area contributed by atoms with Gasteiger partial charge in [0.2, 0.25) is 5.78 Å². The van der Waals surface area contributed by atoms with E-state index in [1.807, 2.05) is 0 Å². The molecular weight excluding hydrogens is 414 g/mol. The molecule has 1 N–H and O–H groups in total. The number of ether oxygens (including phenoxy) is 1. The van der Waals surface area contributed by atoms with Crippen LogP contribution in [0, 0.1) is 0 Å². The fourth-order valence-corrected chi connectivity index (χ4v) is 5.02. The van der Waals surface area contributed by atoms with Gasteiger partial charge < -0.3 is 10.1 Å². The largest absolute Gasteiger partial charge is 0.492 e. The van der Waals surface area contributed by atoms with E-state index >= 15 is 0 Å². The summed E-state index contributed by atoms with van der Waals surface area (Å²) in [5, 5.41) is 0.886. The minimum Gasteiger partial charge on any atom is -0.492 e. The summed E-state index contributed by atoms with van der Waals surface area (Å²) in [4.78, 5) is 25.9. The molecule has 0 aliphatic heterocycles. The molecule has 1 amide bonds. The molecule has 3 rings (SSSR count). The van der Waals surface area contributed by atoms with Crippen molar-refractivity contribution in [1.29, 1.82) is 0 Å². The minimum absolute atomic E-state index is 0.247. The smallest absolute Gasteiger partial charge is 0.293 e. The van der Waals surface area contributed by atoms with Crippen molar-refractivity contribution in [2.24, 2.45) is 0 Å². The van der Waals surface area contributed by atoms with Crippen LogP contribution in [-0.4, -0.2) is 26.7 Å². The molecule has 160 valence electrons. The SMILES string of the molecule is CCOc1ccccc1NC(=O)C(=O)[C@H](c1ccccc1)S(=O)(=O)Cc1ccccc1. The number of anilines is 1. The van der Waals surface area contributed by atoms with E-state index < -0.39 is 26.8 Å². The Hall–Kier alpha value is -3.45. The highest BCUT2D eigenvalue weighted by Crippen LogP contribution is 2.29. The Labute approximate surface area is 181 Å². The zero-order chi connectivity index (χ0) is 22.3. The topological polar surface area (TPSA) is 89.5 Å². The highest BCUT2D eigenvalue weighted by Gasteiger charge is 2.38. The maximum atomic E-state index is 13.2. The Morgan fingerprint density at radius 1 is 0.871 bits per heavy atom. The van der Waals surface area contributed by atoms with Crippen LogP contribution >= 0.6 is 0 Å². The quantitative estimate of drug-likeness (QED) is 0.512. The van der Waals surface area contributed by atoms with Gasteiger partial charge in [0.1, 0.15) is 5.75 Å². The summed E-state index contributed by atoms with van der Waals surface area (Å²) in [5.41, 5.74) is 1.09. The van der Waals surface area contributed by atoms with Crippen molar-refractivity contribution in [2.45, 2.75) is 17.9 Å².